The van der Waals surface area contributed by atoms with Gasteiger partial charge in [0.25, 0.3) is 23.6 Å². The van der Waals surface area contributed by atoms with Crippen molar-refractivity contribution in [2.45, 2.75) is 130 Å². The zero-order valence-electron chi connectivity index (χ0n) is 63.1. The molecule has 0 aliphatic heterocycles. The van der Waals surface area contributed by atoms with Crippen LogP contribution >= 0.6 is 119 Å². The summed E-state index contributed by atoms with van der Waals surface area (Å²) in [6.45, 7) is 0. The van der Waals surface area contributed by atoms with Crippen molar-refractivity contribution in [1.29, 1.82) is 0 Å². The quantitative estimate of drug-likeness (QED) is 0.0161. The summed E-state index contributed by atoms with van der Waals surface area (Å²) in [5.41, 5.74) is -7.55. The van der Waals surface area contributed by atoms with Gasteiger partial charge in [0, 0.05) is 67.5 Å². The van der Waals surface area contributed by atoms with E-state index in [4.69, 9.17) is 68.6 Å². The lowest BCUT2D eigenvalue weighted by molar-refractivity contribution is -0.292. The maximum Gasteiger partial charge on any atom is 0.459 e. The zero-order valence-corrected chi connectivity index (χ0v) is 72.8. The van der Waals surface area contributed by atoms with Gasteiger partial charge in [0.2, 0.25) is 5.95 Å². The smallest absolute Gasteiger partial charge is 0.459 e. The summed E-state index contributed by atoms with van der Waals surface area (Å²) in [5, 5.41) is 39.9. The minimum absolute atomic E-state index is 0.00912. The van der Waals surface area contributed by atoms with Crippen LogP contribution in [0.1, 0.15) is 143 Å². The fourth-order valence-electron chi connectivity index (χ4n) is 9.96. The summed E-state index contributed by atoms with van der Waals surface area (Å²) in [6, 6.07) is 25.1. The second-order valence-corrected chi connectivity index (χ2v) is 32.1. The van der Waals surface area contributed by atoms with Crippen molar-refractivity contribution < 1.29 is 139 Å². The number of rotatable bonds is 15. The van der Waals surface area contributed by atoms with Gasteiger partial charge in [-0.25, -0.2) is 14.2 Å². The van der Waals surface area contributed by atoms with Gasteiger partial charge in [-0.05, 0) is 193 Å². The molecule has 4 heterocycles. The van der Waals surface area contributed by atoms with E-state index in [-0.39, 0.29) is 70.7 Å². The van der Waals surface area contributed by atoms with Crippen molar-refractivity contribution >= 4 is 154 Å². The van der Waals surface area contributed by atoms with Gasteiger partial charge < -0.3 is 26.4 Å². The van der Waals surface area contributed by atoms with E-state index in [9.17, 15) is 134 Å². The number of carboxylic acid groups (broad SMARTS) is 1. The first-order valence-electron chi connectivity index (χ1n) is 34.7. The van der Waals surface area contributed by atoms with Gasteiger partial charge in [-0.15, -0.1) is 11.5 Å². The number of carbonyl (C=O) groups is 5. The molecule has 0 saturated heterocycles. The van der Waals surface area contributed by atoms with Gasteiger partial charge in [-0.3, -0.25) is 28.5 Å². The van der Waals surface area contributed by atoms with E-state index in [1.54, 1.807) is 48.5 Å². The first kappa shape index (κ1) is 105. The third kappa shape index (κ3) is 27.4. The highest BCUT2D eigenvalue weighted by Gasteiger charge is 2.67. The Morgan fingerprint density at radius 2 is 0.827 bits per heavy atom. The van der Waals surface area contributed by atoms with Gasteiger partial charge in [-0.2, -0.15) is 125 Å². The van der Waals surface area contributed by atoms with Crippen molar-refractivity contribution in [2.24, 2.45) is 26.3 Å². The number of hydrogen-bond donors (Lipinski definition) is 5. The summed E-state index contributed by atoms with van der Waals surface area (Å²) >= 11 is 36.9. The number of amides is 4. The number of carbonyl (C=O) groups excluding carboxylic acids is 4. The molecular formula is C72H51BrCl5F25I2N16O6. The fourth-order valence-corrected chi connectivity index (χ4v) is 12.3. The molecule has 4 aromatic heterocycles. The van der Waals surface area contributed by atoms with Crippen LogP contribution in [0.5, 0.6) is 0 Å². The molecule has 0 unspecified atom stereocenters. The topological polar surface area (TPSA) is 287 Å². The molecule has 0 bridgehead atoms. The van der Waals surface area contributed by atoms with E-state index < -0.39 is 124 Å². The molecule has 0 spiro atoms. The predicted octanol–water partition coefficient (Wildman–Crippen LogP) is 22.8. The van der Waals surface area contributed by atoms with Crippen LogP contribution in [-0.4, -0.2) is 122 Å². The molecule has 127 heavy (non-hydrogen) atoms. The zero-order chi connectivity index (χ0) is 95.9. The molecule has 4 amide bonds. The molecule has 0 atom stereocenters. The van der Waals surface area contributed by atoms with E-state index in [0.717, 1.165) is 88.0 Å². The summed E-state index contributed by atoms with van der Waals surface area (Å²) in [7, 11) is 1.98. The maximum atomic E-state index is 13.9. The van der Waals surface area contributed by atoms with Crippen molar-refractivity contribution in [1.82, 2.24) is 65.6 Å². The number of terminal acetylenes is 1. The number of nitrogens with zero attached hydrogens (tertiary/aromatic N) is 12. The fraction of sp³-hybridized carbons (Fsp3) is 0.333. The molecule has 9 aromatic rings. The van der Waals surface area contributed by atoms with Crippen LogP contribution in [0.3, 0.4) is 0 Å². The summed E-state index contributed by atoms with van der Waals surface area (Å²) in [4.78, 5) is 60.6. The van der Waals surface area contributed by atoms with E-state index in [1.807, 2.05) is 34.7 Å². The first-order valence-corrected chi connectivity index (χ1v) is 39.5. The first-order chi connectivity index (χ1) is 58.4. The van der Waals surface area contributed by atoms with E-state index in [1.165, 1.54) is 36.3 Å². The SMILES string of the molecule is C#Cc1c(C(F)(F)F)c(C(F)(F)C(F)(F)F)nn1C.Cn1nc(C(F)(F)C(F)(F)F)c(C(F)(F)F)c1-c1cn(-c2ccc(Cl)c(C(=O)NC3CC3)c2)nn1.Cn1nc(C(F)(F)C(F)(F)F)c(C(F)(F)F)c1F.O=C(NC1CC1)c1cc(Br)ccc1Cl.O=C(NC1CC1)c1cc(I)ccc1Cl.O=C(O)c1cc(I)ccc1Cl.[N-]=[N+]=Nc1ccc(Cl)c(C(=O)NC2CC2)c1. The Labute approximate surface area is 757 Å². The van der Waals surface area contributed by atoms with Gasteiger partial charge in [0.1, 0.15) is 33.8 Å². The Bertz CT molecular complexity index is 5600. The monoisotopic (exact) mass is 2220 g/mol. The summed E-state index contributed by atoms with van der Waals surface area (Å²) in [5.74, 6) is -20.3. The number of alkyl halides is 24. The lowest BCUT2D eigenvalue weighted by Crippen LogP contribution is -2.36. The highest BCUT2D eigenvalue weighted by Crippen LogP contribution is 2.53. The third-order valence-corrected chi connectivity index (χ3v) is 20.2. The molecular weight excluding hydrogens is 2170 g/mol. The molecule has 55 heteroatoms. The number of aromatic nitrogens is 9. The molecule has 5 N–H and O–H groups in total. The van der Waals surface area contributed by atoms with Crippen molar-refractivity contribution in [3.05, 3.63) is 218 Å². The van der Waals surface area contributed by atoms with Crippen LogP contribution in [0.4, 0.5) is 115 Å². The minimum Gasteiger partial charge on any atom is -0.478 e. The Hall–Kier alpha value is -9.27. The number of carboxylic acids is 1. The minimum atomic E-state index is -6.32. The lowest BCUT2D eigenvalue weighted by Gasteiger charge is -2.19. The average molecular weight is 2220 g/mol. The standard InChI is InChI=1S/C19H13ClF8N6O.C10H9BrClNO.C10H9ClINO.C10H9ClN4O.C9H4F8N2.C7H4ClIO2.C7H3F9N2/c1-33-14(13(18(23,24)25)15(31-33)17(21,22)19(26,27)28)12-7-34(32-30-12)9-4-5-11(20)10(6-9)16(35)29-8-2-3-8;11-6-1-4-9(12)8(5-6)10(14)13-7-2-3-7;11-9-4-1-6(12)5-8(9)10(14)13-7-2-3-7;11-9-4-3-7(14-15-12)5-8(9)10(16)13-6-1-2-6;1-3-4-5(8(12,13)14)6(18-19(4)2)7(10,11)9(15,16)17;8-6-2-1-4(9)3-5(6)7(10)11;1-18-4(8)2(6(11,12)13)3(17-18)5(9,10)7(14,15)16/h4-8H,2-3H2,1H3,(H,29,35);2*1,4-5,7H,2-3H2,(H,13,14);3-6H,1-2H2,(H,13,16);1H,2H3;1-3H,(H,10,11);1H3. The molecule has 22 nitrogen and oxygen atoms in total. The number of aryl methyl sites for hydroxylation is 3. The van der Waals surface area contributed by atoms with Crippen LogP contribution in [0, 0.1) is 25.4 Å². The number of aromatic carboxylic acids is 1. The maximum absolute atomic E-state index is 13.9. The van der Waals surface area contributed by atoms with E-state index in [0.29, 0.717) is 56.6 Å². The molecule has 686 valence electrons. The Balaban J connectivity index is 0.000000211. The number of halogens is 33. The molecule has 4 aliphatic rings. The van der Waals surface area contributed by atoms with Crippen LogP contribution in [0.15, 0.2) is 107 Å². The number of azide groups is 1. The molecule has 0 radical (unpaired) electrons. The second-order valence-electron chi connectivity index (χ2n) is 26.6. The van der Waals surface area contributed by atoms with Crippen LogP contribution in [0.2, 0.25) is 25.1 Å². The summed E-state index contributed by atoms with van der Waals surface area (Å²) < 4.78 is 322. The largest absolute Gasteiger partial charge is 0.478 e. The predicted molar refractivity (Wildman–Crippen MR) is 424 cm³/mol. The number of hydrogen-bond acceptors (Lipinski definition) is 11. The number of nitrogens with one attached hydrogen (secondary N) is 4. The van der Waals surface area contributed by atoms with E-state index >= 15 is 0 Å². The van der Waals surface area contributed by atoms with Crippen LogP contribution in [-0.2, 0) is 57.4 Å². The second kappa shape index (κ2) is 41.2. The Morgan fingerprint density at radius 3 is 1.20 bits per heavy atom. The normalized spacial score (nSPS) is 14.1. The van der Waals surface area contributed by atoms with E-state index in [2.05, 4.69) is 102 Å². The molecule has 4 fully saturated rings. The molecule has 4 aliphatic carbocycles. The Morgan fingerprint density at radius 1 is 0.488 bits per heavy atom. The molecule has 5 aromatic carbocycles. The van der Waals surface area contributed by atoms with Crippen LogP contribution in [0.25, 0.3) is 27.5 Å². The van der Waals surface area contributed by atoms with Crippen molar-refractivity contribution in [3.8, 4) is 29.4 Å². The van der Waals surface area contributed by atoms with Gasteiger partial charge in [0.15, 0.2) is 17.1 Å². The summed E-state index contributed by atoms with van der Waals surface area (Å²) in [6.07, 6.45) is -22.2. The highest BCUT2D eigenvalue weighted by molar-refractivity contribution is 14.1. The van der Waals surface area contributed by atoms with Crippen molar-refractivity contribution in [2.75, 3.05) is 0 Å². The van der Waals surface area contributed by atoms with Crippen molar-refractivity contribution in [3.63, 3.8) is 0 Å². The number of benzene rings is 5. The lowest BCUT2D eigenvalue weighted by atomic mass is 10.1. The Kier molecular flexibility index (Phi) is 34.0. The average Bonchev–Trinajstić information content (AvgIpc) is 1.60. The van der Waals surface area contributed by atoms with Crippen LogP contribution < -0.4 is 21.3 Å². The molecule has 4 saturated carbocycles. The van der Waals surface area contributed by atoms with Gasteiger partial charge in [0.05, 0.1) is 64.8 Å². The van der Waals surface area contributed by atoms with Gasteiger partial charge >= 0.3 is 60.8 Å². The highest BCUT2D eigenvalue weighted by atomic mass is 127. The van der Waals surface area contributed by atoms with Gasteiger partial charge in [-0.1, -0.05) is 90.3 Å². The molecule has 13 rings (SSSR count). The third-order valence-electron chi connectivity index (χ3n) is 16.7.